The first kappa shape index (κ1) is 26.1. The van der Waals surface area contributed by atoms with E-state index >= 15 is 0 Å². The number of hydrogen-bond donors (Lipinski definition) is 2. The number of carbonyl (C=O) groups excluding carboxylic acids is 2. The Hall–Kier alpha value is -3.95. The summed E-state index contributed by atoms with van der Waals surface area (Å²) < 4.78 is 40.0. The topological polar surface area (TPSA) is 101 Å². The van der Waals surface area contributed by atoms with Gasteiger partial charge in [0.15, 0.2) is 5.82 Å². The minimum Gasteiger partial charge on any atom is -0.480 e. The molecule has 37 heavy (non-hydrogen) atoms. The SMILES string of the molecule is O=C(NC1(C(=O)O)CCCC1)c1cccc(CCCn2ccnc2C(=O)c2ccc(C(F)(F)F)cc2)c1. The molecule has 0 aliphatic heterocycles. The average molecular weight is 514 g/mol. The predicted octanol–water partition coefficient (Wildman–Crippen LogP) is 4.89. The highest BCUT2D eigenvalue weighted by molar-refractivity contribution is 6.06. The number of rotatable bonds is 9. The fourth-order valence-corrected chi connectivity index (χ4v) is 4.62. The summed E-state index contributed by atoms with van der Waals surface area (Å²) in [7, 11) is 0. The van der Waals surface area contributed by atoms with Crippen molar-refractivity contribution < 1.29 is 32.7 Å². The van der Waals surface area contributed by atoms with Crippen molar-refractivity contribution in [2.45, 2.75) is 56.8 Å². The number of nitrogens with zero attached hydrogens (tertiary/aromatic N) is 2. The third-order valence-corrected chi connectivity index (χ3v) is 6.67. The van der Waals surface area contributed by atoms with Crippen molar-refractivity contribution in [2.75, 3.05) is 0 Å². The second-order valence-electron chi connectivity index (χ2n) is 9.20. The maximum atomic E-state index is 12.8. The lowest BCUT2D eigenvalue weighted by atomic mass is 9.97. The van der Waals surface area contributed by atoms with E-state index in [4.69, 9.17) is 0 Å². The number of carboxylic acids is 1. The van der Waals surface area contributed by atoms with Gasteiger partial charge in [-0.1, -0.05) is 37.1 Å². The molecule has 1 aliphatic carbocycles. The standard InChI is InChI=1S/C27H26F3N3O4/c28-27(29,30)21-10-8-19(9-11-21)22(34)23-31-14-16-33(23)15-4-6-18-5-3-7-20(17-18)24(35)32-26(25(36)37)12-1-2-13-26/h3,5,7-11,14,16-17H,1-2,4,6,12-13,15H2,(H,32,35)(H,36,37). The van der Waals surface area contributed by atoms with Gasteiger partial charge in [-0.3, -0.25) is 9.59 Å². The molecule has 0 saturated heterocycles. The molecular formula is C27H26F3N3O4. The highest BCUT2D eigenvalue weighted by Crippen LogP contribution is 2.31. The Labute approximate surface area is 211 Å². The van der Waals surface area contributed by atoms with Crippen LogP contribution in [0.3, 0.4) is 0 Å². The number of carboxylic acid groups (broad SMARTS) is 1. The van der Waals surface area contributed by atoms with E-state index in [1.165, 1.54) is 6.20 Å². The Bertz CT molecular complexity index is 1290. The van der Waals surface area contributed by atoms with E-state index in [9.17, 15) is 32.7 Å². The summed E-state index contributed by atoms with van der Waals surface area (Å²) in [5.74, 6) is -1.79. The van der Waals surface area contributed by atoms with Crippen LogP contribution < -0.4 is 5.32 Å². The lowest BCUT2D eigenvalue weighted by Crippen LogP contribution is -2.52. The molecular weight excluding hydrogens is 487 g/mol. The van der Waals surface area contributed by atoms with Gasteiger partial charge >= 0.3 is 12.1 Å². The maximum Gasteiger partial charge on any atom is 0.416 e. The van der Waals surface area contributed by atoms with Gasteiger partial charge in [0.25, 0.3) is 5.91 Å². The molecule has 1 amide bonds. The normalized spacial score (nSPS) is 14.9. The third kappa shape index (κ3) is 5.90. The second kappa shape index (κ2) is 10.6. The van der Waals surface area contributed by atoms with E-state index in [0.717, 1.165) is 42.7 Å². The Balaban J connectivity index is 1.37. The lowest BCUT2D eigenvalue weighted by molar-refractivity contribution is -0.144. The highest BCUT2D eigenvalue weighted by atomic mass is 19.4. The molecule has 1 saturated carbocycles. The summed E-state index contributed by atoms with van der Waals surface area (Å²) in [5, 5.41) is 12.3. The average Bonchev–Trinajstić information content (AvgIpc) is 3.54. The number of nitrogens with one attached hydrogen (secondary N) is 1. The summed E-state index contributed by atoms with van der Waals surface area (Å²) >= 11 is 0. The second-order valence-corrected chi connectivity index (χ2v) is 9.20. The third-order valence-electron chi connectivity index (χ3n) is 6.67. The molecule has 1 aliphatic rings. The van der Waals surface area contributed by atoms with Gasteiger partial charge in [0.2, 0.25) is 5.78 Å². The van der Waals surface area contributed by atoms with Crippen LogP contribution in [-0.2, 0) is 23.9 Å². The summed E-state index contributed by atoms with van der Waals surface area (Å²) in [6.45, 7) is 0.431. The van der Waals surface area contributed by atoms with E-state index in [2.05, 4.69) is 10.3 Å². The first-order valence-corrected chi connectivity index (χ1v) is 12.0. The smallest absolute Gasteiger partial charge is 0.416 e. The van der Waals surface area contributed by atoms with Crippen molar-refractivity contribution in [3.05, 3.63) is 89.0 Å². The quantitative estimate of drug-likeness (QED) is 0.397. The maximum absolute atomic E-state index is 12.8. The number of hydrogen-bond acceptors (Lipinski definition) is 4. The molecule has 1 aromatic heterocycles. The van der Waals surface area contributed by atoms with Crippen LogP contribution in [0.4, 0.5) is 13.2 Å². The zero-order chi connectivity index (χ0) is 26.6. The zero-order valence-electron chi connectivity index (χ0n) is 19.9. The molecule has 194 valence electrons. The van der Waals surface area contributed by atoms with E-state index in [0.29, 0.717) is 37.8 Å². The minimum atomic E-state index is -4.48. The Morgan fingerprint density at radius 3 is 2.38 bits per heavy atom. The molecule has 0 radical (unpaired) electrons. The molecule has 0 atom stereocenters. The molecule has 0 spiro atoms. The molecule has 2 aromatic carbocycles. The van der Waals surface area contributed by atoms with Crippen molar-refractivity contribution in [1.82, 2.24) is 14.9 Å². The van der Waals surface area contributed by atoms with Crippen molar-refractivity contribution >= 4 is 17.7 Å². The van der Waals surface area contributed by atoms with Crippen LogP contribution in [0, 0.1) is 0 Å². The summed E-state index contributed by atoms with van der Waals surface area (Å²) in [5.41, 5.74) is -0.680. The van der Waals surface area contributed by atoms with Crippen molar-refractivity contribution in [3.63, 3.8) is 0 Å². The van der Waals surface area contributed by atoms with Crippen molar-refractivity contribution in [3.8, 4) is 0 Å². The molecule has 10 heteroatoms. The van der Waals surface area contributed by atoms with Gasteiger partial charge < -0.3 is 15.0 Å². The van der Waals surface area contributed by atoms with Gasteiger partial charge in [-0.15, -0.1) is 0 Å². The van der Waals surface area contributed by atoms with Gasteiger partial charge in [-0.05, 0) is 55.5 Å². The van der Waals surface area contributed by atoms with Crippen LogP contribution in [-0.4, -0.2) is 37.9 Å². The molecule has 7 nitrogen and oxygen atoms in total. The van der Waals surface area contributed by atoms with Gasteiger partial charge in [-0.2, -0.15) is 13.2 Å². The Morgan fingerprint density at radius 2 is 1.73 bits per heavy atom. The summed E-state index contributed by atoms with van der Waals surface area (Å²) in [6, 6.07) is 11.0. The first-order valence-electron chi connectivity index (χ1n) is 12.0. The number of aryl methyl sites for hydroxylation is 2. The number of benzene rings is 2. The van der Waals surface area contributed by atoms with Gasteiger partial charge in [0.05, 0.1) is 5.56 Å². The molecule has 4 rings (SSSR count). The summed E-state index contributed by atoms with van der Waals surface area (Å²) in [6.07, 6.45) is 2.13. The van der Waals surface area contributed by atoms with Crippen LogP contribution in [0.15, 0.2) is 60.9 Å². The predicted molar refractivity (Wildman–Crippen MR) is 128 cm³/mol. The fourth-order valence-electron chi connectivity index (χ4n) is 4.62. The zero-order valence-corrected chi connectivity index (χ0v) is 19.9. The molecule has 0 bridgehead atoms. The minimum absolute atomic E-state index is 0.112. The van der Waals surface area contributed by atoms with E-state index in [-0.39, 0.29) is 11.4 Å². The fraction of sp³-hybridized carbons (Fsp3) is 0.333. The van der Waals surface area contributed by atoms with Crippen LogP contribution in [0.1, 0.15) is 69.8 Å². The molecule has 3 aromatic rings. The van der Waals surface area contributed by atoms with Crippen molar-refractivity contribution in [1.29, 1.82) is 0 Å². The Morgan fingerprint density at radius 1 is 1.03 bits per heavy atom. The molecule has 2 N–H and O–H groups in total. The highest BCUT2D eigenvalue weighted by Gasteiger charge is 2.42. The van der Waals surface area contributed by atoms with Gasteiger partial charge in [0.1, 0.15) is 5.54 Å². The number of imidazole rings is 1. The van der Waals surface area contributed by atoms with Gasteiger partial charge in [0, 0.05) is 30.1 Å². The van der Waals surface area contributed by atoms with Crippen LogP contribution in [0.25, 0.3) is 0 Å². The van der Waals surface area contributed by atoms with Crippen molar-refractivity contribution in [2.24, 2.45) is 0 Å². The van der Waals surface area contributed by atoms with Crippen LogP contribution in [0.2, 0.25) is 0 Å². The molecule has 0 unspecified atom stereocenters. The number of ketones is 1. The monoisotopic (exact) mass is 513 g/mol. The number of aliphatic carboxylic acids is 1. The Kier molecular flexibility index (Phi) is 7.47. The number of amides is 1. The molecule has 1 heterocycles. The van der Waals surface area contributed by atoms with E-state index in [1.807, 2.05) is 6.07 Å². The largest absolute Gasteiger partial charge is 0.480 e. The summed E-state index contributed by atoms with van der Waals surface area (Å²) in [4.78, 5) is 41.4. The van der Waals surface area contributed by atoms with Gasteiger partial charge in [-0.25, -0.2) is 9.78 Å². The lowest BCUT2D eigenvalue weighted by Gasteiger charge is -2.25. The molecule has 1 fully saturated rings. The number of carbonyl (C=O) groups is 3. The number of halogens is 3. The number of alkyl halides is 3. The van der Waals surface area contributed by atoms with E-state index < -0.39 is 34.9 Å². The van der Waals surface area contributed by atoms with Crippen LogP contribution >= 0.6 is 0 Å². The number of aromatic nitrogens is 2. The first-order chi connectivity index (χ1) is 17.6. The van der Waals surface area contributed by atoms with E-state index in [1.54, 1.807) is 29.0 Å². The van der Waals surface area contributed by atoms with Crippen LogP contribution in [0.5, 0.6) is 0 Å².